The van der Waals surface area contributed by atoms with Crippen molar-refractivity contribution in [3.63, 3.8) is 0 Å². The monoisotopic (exact) mass is 324 g/mol. The SMILES string of the molecule is Clc1ccc2c(c1-n1nccc1-c1ccncc1)CCNCC2. The van der Waals surface area contributed by atoms with Crippen LogP contribution in [-0.4, -0.2) is 27.9 Å². The van der Waals surface area contributed by atoms with Gasteiger partial charge in [0.25, 0.3) is 0 Å². The van der Waals surface area contributed by atoms with Crippen molar-refractivity contribution in [2.45, 2.75) is 12.8 Å². The lowest BCUT2D eigenvalue weighted by atomic mass is 10.0. The summed E-state index contributed by atoms with van der Waals surface area (Å²) in [6.07, 6.45) is 7.39. The van der Waals surface area contributed by atoms with Gasteiger partial charge in [0.1, 0.15) is 0 Å². The van der Waals surface area contributed by atoms with Crippen molar-refractivity contribution in [2.75, 3.05) is 13.1 Å². The minimum Gasteiger partial charge on any atom is -0.316 e. The number of rotatable bonds is 2. The fourth-order valence-electron chi connectivity index (χ4n) is 3.18. The first-order valence-electron chi connectivity index (χ1n) is 7.80. The zero-order valence-electron chi connectivity index (χ0n) is 12.7. The van der Waals surface area contributed by atoms with E-state index < -0.39 is 0 Å². The number of halogens is 1. The third-order valence-corrected chi connectivity index (χ3v) is 4.59. The molecule has 0 spiro atoms. The molecule has 5 heteroatoms. The topological polar surface area (TPSA) is 42.7 Å². The van der Waals surface area contributed by atoms with Crippen molar-refractivity contribution in [3.8, 4) is 16.9 Å². The summed E-state index contributed by atoms with van der Waals surface area (Å²) in [4.78, 5) is 4.09. The van der Waals surface area contributed by atoms with Crippen molar-refractivity contribution < 1.29 is 0 Å². The third-order valence-electron chi connectivity index (χ3n) is 4.28. The maximum Gasteiger partial charge on any atom is 0.0874 e. The molecule has 23 heavy (non-hydrogen) atoms. The molecule has 0 atom stereocenters. The molecule has 0 unspecified atom stereocenters. The summed E-state index contributed by atoms with van der Waals surface area (Å²) in [5.41, 5.74) is 5.76. The van der Waals surface area contributed by atoms with Gasteiger partial charge in [-0.05, 0) is 61.3 Å². The number of hydrogen-bond acceptors (Lipinski definition) is 3. The summed E-state index contributed by atoms with van der Waals surface area (Å²) in [5.74, 6) is 0. The molecule has 4 rings (SSSR count). The van der Waals surface area contributed by atoms with Crippen LogP contribution in [0.2, 0.25) is 5.02 Å². The molecule has 0 fully saturated rings. The number of nitrogens with one attached hydrogen (secondary N) is 1. The van der Waals surface area contributed by atoms with E-state index in [1.54, 1.807) is 12.4 Å². The summed E-state index contributed by atoms with van der Waals surface area (Å²) < 4.78 is 1.96. The van der Waals surface area contributed by atoms with Gasteiger partial charge in [0.2, 0.25) is 0 Å². The van der Waals surface area contributed by atoms with E-state index in [4.69, 9.17) is 11.6 Å². The summed E-state index contributed by atoms with van der Waals surface area (Å²) in [5, 5.41) is 8.75. The molecule has 2 aromatic heterocycles. The molecular weight excluding hydrogens is 308 g/mol. The molecule has 1 aliphatic rings. The van der Waals surface area contributed by atoms with E-state index in [1.807, 2.05) is 35.1 Å². The molecule has 0 saturated heterocycles. The molecule has 3 heterocycles. The number of pyridine rings is 1. The van der Waals surface area contributed by atoms with E-state index >= 15 is 0 Å². The fourth-order valence-corrected chi connectivity index (χ4v) is 3.43. The second-order valence-electron chi connectivity index (χ2n) is 5.65. The molecule has 4 nitrogen and oxygen atoms in total. The van der Waals surface area contributed by atoms with Crippen LogP contribution in [0.3, 0.4) is 0 Å². The van der Waals surface area contributed by atoms with Crippen molar-refractivity contribution >= 4 is 11.6 Å². The smallest absolute Gasteiger partial charge is 0.0874 e. The third kappa shape index (κ3) is 2.64. The van der Waals surface area contributed by atoms with Crippen LogP contribution in [0.15, 0.2) is 48.9 Å². The Morgan fingerprint density at radius 3 is 2.65 bits per heavy atom. The van der Waals surface area contributed by atoms with Crippen LogP contribution in [0, 0.1) is 0 Å². The molecule has 0 amide bonds. The first-order chi connectivity index (χ1) is 11.3. The second kappa shape index (κ2) is 6.14. The highest BCUT2D eigenvalue weighted by molar-refractivity contribution is 6.32. The molecule has 116 valence electrons. The van der Waals surface area contributed by atoms with E-state index in [0.29, 0.717) is 0 Å². The lowest BCUT2D eigenvalue weighted by Crippen LogP contribution is -2.16. The van der Waals surface area contributed by atoms with E-state index in [1.165, 1.54) is 11.1 Å². The Kier molecular flexibility index (Phi) is 3.85. The van der Waals surface area contributed by atoms with Crippen LogP contribution in [0.1, 0.15) is 11.1 Å². The lowest BCUT2D eigenvalue weighted by Gasteiger charge is -2.16. The standard InChI is InChI=1S/C18H17ClN4/c19-16-2-1-13-3-8-21-11-6-15(13)18(16)23-17(7-12-22-23)14-4-9-20-10-5-14/h1-2,4-5,7,9-10,12,21H,3,6,8,11H2. The molecule has 0 radical (unpaired) electrons. The number of hydrogen-bond donors (Lipinski definition) is 1. The molecule has 1 aromatic carbocycles. The van der Waals surface area contributed by atoms with Crippen LogP contribution in [0.5, 0.6) is 0 Å². The zero-order valence-corrected chi connectivity index (χ0v) is 13.4. The van der Waals surface area contributed by atoms with Crippen LogP contribution in [0.4, 0.5) is 0 Å². The molecule has 1 aliphatic heterocycles. The van der Waals surface area contributed by atoms with Crippen molar-refractivity contribution in [1.82, 2.24) is 20.1 Å². The first-order valence-corrected chi connectivity index (χ1v) is 8.18. The van der Waals surface area contributed by atoms with E-state index in [0.717, 1.165) is 47.9 Å². The van der Waals surface area contributed by atoms with Gasteiger partial charge in [-0.1, -0.05) is 17.7 Å². The Morgan fingerprint density at radius 2 is 1.78 bits per heavy atom. The fraction of sp³-hybridized carbons (Fsp3) is 0.222. The van der Waals surface area contributed by atoms with Gasteiger partial charge in [-0.25, -0.2) is 4.68 Å². The molecule has 0 bridgehead atoms. The van der Waals surface area contributed by atoms with Crippen LogP contribution in [-0.2, 0) is 12.8 Å². The van der Waals surface area contributed by atoms with Gasteiger partial charge >= 0.3 is 0 Å². The van der Waals surface area contributed by atoms with E-state index in [-0.39, 0.29) is 0 Å². The minimum atomic E-state index is 0.740. The molecule has 0 saturated carbocycles. The van der Waals surface area contributed by atoms with Crippen LogP contribution < -0.4 is 5.32 Å². The predicted octanol–water partition coefficient (Wildman–Crippen LogP) is 3.28. The van der Waals surface area contributed by atoms with Gasteiger partial charge in [-0.15, -0.1) is 0 Å². The number of aromatic nitrogens is 3. The minimum absolute atomic E-state index is 0.740. The summed E-state index contributed by atoms with van der Waals surface area (Å²) in [7, 11) is 0. The first kappa shape index (κ1) is 14.4. The summed E-state index contributed by atoms with van der Waals surface area (Å²) in [6.45, 7) is 1.97. The average Bonchev–Trinajstić information content (AvgIpc) is 2.93. The second-order valence-corrected chi connectivity index (χ2v) is 6.06. The zero-order chi connectivity index (χ0) is 15.6. The average molecular weight is 325 g/mol. The van der Waals surface area contributed by atoms with Crippen LogP contribution >= 0.6 is 11.6 Å². The Bertz CT molecular complexity index is 826. The lowest BCUT2D eigenvalue weighted by molar-refractivity contribution is 0.709. The normalized spacial score (nSPS) is 14.3. The molecule has 3 aromatic rings. The van der Waals surface area contributed by atoms with Gasteiger partial charge < -0.3 is 5.32 Å². The Labute approximate surface area is 140 Å². The number of nitrogens with zero attached hydrogens (tertiary/aromatic N) is 3. The van der Waals surface area contributed by atoms with E-state index in [9.17, 15) is 0 Å². The molecule has 1 N–H and O–H groups in total. The largest absolute Gasteiger partial charge is 0.316 e. The Hall–Kier alpha value is -2.17. The van der Waals surface area contributed by atoms with Crippen molar-refractivity contribution in [2.24, 2.45) is 0 Å². The number of fused-ring (bicyclic) bond motifs is 1. The van der Waals surface area contributed by atoms with Gasteiger partial charge in [0.15, 0.2) is 0 Å². The molecular formula is C18H17ClN4. The highest BCUT2D eigenvalue weighted by Crippen LogP contribution is 2.32. The van der Waals surface area contributed by atoms with Crippen LogP contribution in [0.25, 0.3) is 16.9 Å². The Balaban J connectivity index is 1.91. The van der Waals surface area contributed by atoms with Gasteiger partial charge in [-0.3, -0.25) is 4.98 Å². The number of benzene rings is 1. The maximum absolute atomic E-state index is 6.57. The predicted molar refractivity (Wildman–Crippen MR) is 92.1 cm³/mol. The quantitative estimate of drug-likeness (QED) is 0.786. The summed E-state index contributed by atoms with van der Waals surface area (Å²) in [6, 6.07) is 10.1. The van der Waals surface area contributed by atoms with Crippen molar-refractivity contribution in [1.29, 1.82) is 0 Å². The van der Waals surface area contributed by atoms with Gasteiger partial charge in [-0.2, -0.15) is 5.10 Å². The molecule has 0 aliphatic carbocycles. The highest BCUT2D eigenvalue weighted by Gasteiger charge is 2.19. The summed E-state index contributed by atoms with van der Waals surface area (Å²) >= 11 is 6.57. The Morgan fingerprint density at radius 1 is 0.957 bits per heavy atom. The van der Waals surface area contributed by atoms with E-state index in [2.05, 4.69) is 21.5 Å². The van der Waals surface area contributed by atoms with Gasteiger partial charge in [0.05, 0.1) is 22.6 Å². The van der Waals surface area contributed by atoms with Gasteiger partial charge in [0, 0.05) is 18.0 Å². The highest BCUT2D eigenvalue weighted by atomic mass is 35.5. The van der Waals surface area contributed by atoms with Crippen molar-refractivity contribution in [3.05, 3.63) is 65.1 Å². The maximum atomic E-state index is 6.57.